The zero-order valence-corrected chi connectivity index (χ0v) is 13.6. The molecule has 0 spiro atoms. The predicted molar refractivity (Wildman–Crippen MR) is 81.8 cm³/mol. The maximum Gasteiger partial charge on any atom is 0.321 e. The highest BCUT2D eigenvalue weighted by Crippen LogP contribution is 2.16. The molecule has 6 heteroatoms. The van der Waals surface area contributed by atoms with Crippen LogP contribution in [0.2, 0.25) is 0 Å². The predicted octanol–water partition coefficient (Wildman–Crippen LogP) is 2.11. The van der Waals surface area contributed by atoms with Gasteiger partial charge < -0.3 is 5.32 Å². The fraction of sp³-hybridized carbons (Fsp3) is 0.571. The highest BCUT2D eigenvalue weighted by molar-refractivity contribution is 7.10. The van der Waals surface area contributed by atoms with E-state index < -0.39 is 6.03 Å². The fourth-order valence-corrected chi connectivity index (χ4v) is 2.64. The van der Waals surface area contributed by atoms with Crippen molar-refractivity contribution in [3.05, 3.63) is 21.9 Å². The summed E-state index contributed by atoms with van der Waals surface area (Å²) in [6.45, 7) is 8.54. The molecule has 112 valence electrons. The molecule has 1 aromatic rings. The van der Waals surface area contributed by atoms with Gasteiger partial charge in [-0.05, 0) is 51.8 Å². The minimum atomic E-state index is -0.455. The second-order valence-electron chi connectivity index (χ2n) is 5.95. The molecule has 0 atom stereocenters. The number of hydrogen-bond acceptors (Lipinski definition) is 4. The summed E-state index contributed by atoms with van der Waals surface area (Å²) < 4.78 is 0. The van der Waals surface area contributed by atoms with E-state index >= 15 is 0 Å². The SMILES string of the molecule is Cc1ccsc1CN(C)CC(=O)NC(=O)NC(C)(C)C. The molecule has 0 radical (unpaired) electrons. The Morgan fingerprint density at radius 3 is 2.50 bits per heavy atom. The first-order valence-corrected chi connectivity index (χ1v) is 7.39. The van der Waals surface area contributed by atoms with Gasteiger partial charge in [0.25, 0.3) is 0 Å². The van der Waals surface area contributed by atoms with Crippen molar-refractivity contribution in [2.24, 2.45) is 0 Å². The molecule has 0 aliphatic carbocycles. The number of thiophene rings is 1. The van der Waals surface area contributed by atoms with Gasteiger partial charge in [-0.2, -0.15) is 0 Å². The summed E-state index contributed by atoms with van der Waals surface area (Å²) in [6.07, 6.45) is 0. The van der Waals surface area contributed by atoms with Crippen LogP contribution in [0.4, 0.5) is 4.79 Å². The second kappa shape index (κ2) is 6.85. The lowest BCUT2D eigenvalue weighted by Gasteiger charge is -2.21. The summed E-state index contributed by atoms with van der Waals surface area (Å²) in [5, 5.41) is 7.06. The molecule has 1 aromatic heterocycles. The van der Waals surface area contributed by atoms with E-state index in [0.717, 1.165) is 0 Å². The first-order valence-electron chi connectivity index (χ1n) is 6.51. The van der Waals surface area contributed by atoms with Crippen LogP contribution < -0.4 is 10.6 Å². The monoisotopic (exact) mass is 297 g/mol. The van der Waals surface area contributed by atoms with Gasteiger partial charge in [-0.25, -0.2) is 4.79 Å². The van der Waals surface area contributed by atoms with Crippen molar-refractivity contribution in [2.45, 2.75) is 39.8 Å². The van der Waals surface area contributed by atoms with Crippen LogP contribution in [0.15, 0.2) is 11.4 Å². The standard InChI is InChI=1S/C14H23N3O2S/c1-10-6-7-20-11(10)8-17(5)9-12(18)15-13(19)16-14(2,3)4/h6-7H,8-9H2,1-5H3,(H2,15,16,18,19). The first kappa shape index (κ1) is 16.7. The number of aryl methyl sites for hydroxylation is 1. The molecule has 0 bridgehead atoms. The molecule has 0 saturated carbocycles. The third kappa shape index (κ3) is 6.16. The van der Waals surface area contributed by atoms with Gasteiger partial charge in [0.15, 0.2) is 0 Å². The van der Waals surface area contributed by atoms with Crippen LogP contribution >= 0.6 is 11.3 Å². The quantitative estimate of drug-likeness (QED) is 0.895. The number of imide groups is 1. The third-order valence-corrected chi connectivity index (χ3v) is 3.54. The summed E-state index contributed by atoms with van der Waals surface area (Å²) in [7, 11) is 1.86. The smallest absolute Gasteiger partial charge is 0.321 e. The largest absolute Gasteiger partial charge is 0.333 e. The Hall–Kier alpha value is -1.40. The molecule has 5 nitrogen and oxygen atoms in total. The zero-order valence-electron chi connectivity index (χ0n) is 12.7. The lowest BCUT2D eigenvalue weighted by atomic mass is 10.1. The van der Waals surface area contributed by atoms with Crippen LogP contribution in [-0.4, -0.2) is 36.0 Å². The van der Waals surface area contributed by atoms with E-state index in [2.05, 4.69) is 23.6 Å². The minimum Gasteiger partial charge on any atom is -0.333 e. The van der Waals surface area contributed by atoms with Crippen LogP contribution in [0.1, 0.15) is 31.2 Å². The van der Waals surface area contributed by atoms with E-state index in [4.69, 9.17) is 0 Å². The Morgan fingerprint density at radius 1 is 1.35 bits per heavy atom. The number of carbonyl (C=O) groups is 2. The number of nitrogens with one attached hydrogen (secondary N) is 2. The number of rotatable bonds is 4. The Morgan fingerprint density at radius 2 is 2.00 bits per heavy atom. The molecule has 2 N–H and O–H groups in total. The highest BCUT2D eigenvalue weighted by atomic mass is 32.1. The molecule has 0 aliphatic rings. The van der Waals surface area contributed by atoms with E-state index in [1.807, 2.05) is 38.1 Å². The van der Waals surface area contributed by atoms with Crippen LogP contribution in [0.5, 0.6) is 0 Å². The normalized spacial score (nSPS) is 11.5. The van der Waals surface area contributed by atoms with E-state index in [9.17, 15) is 9.59 Å². The fourth-order valence-electron chi connectivity index (χ4n) is 1.65. The van der Waals surface area contributed by atoms with Gasteiger partial charge >= 0.3 is 6.03 Å². The molecule has 1 rings (SSSR count). The van der Waals surface area contributed by atoms with E-state index in [0.29, 0.717) is 6.54 Å². The van der Waals surface area contributed by atoms with E-state index in [1.54, 1.807) is 11.3 Å². The maximum absolute atomic E-state index is 11.8. The highest BCUT2D eigenvalue weighted by Gasteiger charge is 2.16. The van der Waals surface area contributed by atoms with Crippen molar-refractivity contribution in [1.29, 1.82) is 0 Å². The van der Waals surface area contributed by atoms with Gasteiger partial charge in [-0.3, -0.25) is 15.0 Å². The lowest BCUT2D eigenvalue weighted by Crippen LogP contribution is -2.50. The zero-order chi connectivity index (χ0) is 15.3. The van der Waals surface area contributed by atoms with Gasteiger partial charge in [-0.1, -0.05) is 0 Å². The van der Waals surface area contributed by atoms with Crippen molar-refractivity contribution < 1.29 is 9.59 Å². The molecule has 3 amide bonds. The second-order valence-corrected chi connectivity index (χ2v) is 6.95. The Labute approximate surface area is 124 Å². The summed E-state index contributed by atoms with van der Waals surface area (Å²) in [6, 6.07) is 1.60. The topological polar surface area (TPSA) is 61.4 Å². The third-order valence-electron chi connectivity index (χ3n) is 2.54. The summed E-state index contributed by atoms with van der Waals surface area (Å²) in [5.41, 5.74) is 0.873. The molecular weight excluding hydrogens is 274 g/mol. The first-order chi connectivity index (χ1) is 9.17. The molecule has 20 heavy (non-hydrogen) atoms. The van der Waals surface area contributed by atoms with Crippen molar-refractivity contribution in [3.8, 4) is 0 Å². The van der Waals surface area contributed by atoms with Crippen molar-refractivity contribution >= 4 is 23.3 Å². The number of nitrogens with zero attached hydrogens (tertiary/aromatic N) is 1. The summed E-state index contributed by atoms with van der Waals surface area (Å²) >= 11 is 1.67. The average Bonchev–Trinajstić information content (AvgIpc) is 2.60. The van der Waals surface area contributed by atoms with E-state index in [1.165, 1.54) is 10.4 Å². The lowest BCUT2D eigenvalue weighted by molar-refractivity contribution is -0.121. The molecule has 1 heterocycles. The molecular formula is C14H23N3O2S. The van der Waals surface area contributed by atoms with Crippen molar-refractivity contribution in [2.75, 3.05) is 13.6 Å². The van der Waals surface area contributed by atoms with Crippen LogP contribution in [0.3, 0.4) is 0 Å². The molecule has 0 unspecified atom stereocenters. The van der Waals surface area contributed by atoms with Gasteiger partial charge in [0.1, 0.15) is 0 Å². The van der Waals surface area contributed by atoms with Gasteiger partial charge in [-0.15, -0.1) is 11.3 Å². The van der Waals surface area contributed by atoms with Crippen LogP contribution in [0, 0.1) is 6.92 Å². The van der Waals surface area contributed by atoms with E-state index in [-0.39, 0.29) is 18.0 Å². The van der Waals surface area contributed by atoms with Crippen LogP contribution in [0.25, 0.3) is 0 Å². The van der Waals surface area contributed by atoms with Gasteiger partial charge in [0.2, 0.25) is 5.91 Å². The Bertz CT molecular complexity index is 477. The Balaban J connectivity index is 2.39. The summed E-state index contributed by atoms with van der Waals surface area (Å²) in [4.78, 5) is 26.4. The van der Waals surface area contributed by atoms with Gasteiger partial charge in [0, 0.05) is 17.0 Å². The molecule has 0 aromatic carbocycles. The Kier molecular flexibility index (Phi) is 5.71. The van der Waals surface area contributed by atoms with Crippen molar-refractivity contribution in [1.82, 2.24) is 15.5 Å². The molecule has 0 saturated heterocycles. The van der Waals surface area contributed by atoms with Crippen LogP contribution in [-0.2, 0) is 11.3 Å². The maximum atomic E-state index is 11.8. The average molecular weight is 297 g/mol. The molecule has 0 fully saturated rings. The number of hydrogen-bond donors (Lipinski definition) is 2. The number of likely N-dealkylation sites (N-methyl/N-ethyl adjacent to an activating group) is 1. The summed E-state index contributed by atoms with van der Waals surface area (Å²) in [5.74, 6) is -0.302. The minimum absolute atomic E-state index is 0.189. The number of amides is 3. The molecule has 0 aliphatic heterocycles. The van der Waals surface area contributed by atoms with Gasteiger partial charge in [0.05, 0.1) is 6.54 Å². The number of carbonyl (C=O) groups excluding carboxylic acids is 2. The van der Waals surface area contributed by atoms with Crippen molar-refractivity contribution in [3.63, 3.8) is 0 Å². The number of urea groups is 1.